The highest BCUT2D eigenvalue weighted by molar-refractivity contribution is 5.61. The highest BCUT2D eigenvalue weighted by Gasteiger charge is 2.21. The molecule has 0 saturated heterocycles. The number of aromatic nitrogens is 4. The average Bonchev–Trinajstić information content (AvgIpc) is 2.90. The topological polar surface area (TPSA) is 69.6 Å². The van der Waals surface area contributed by atoms with Crippen LogP contribution in [0.5, 0.6) is 0 Å². The highest BCUT2D eigenvalue weighted by atomic mass is 19.1. The third-order valence-corrected chi connectivity index (χ3v) is 4.14. The highest BCUT2D eigenvalue weighted by Crippen LogP contribution is 2.30. The van der Waals surface area contributed by atoms with Gasteiger partial charge in [-0.15, -0.1) is 5.10 Å². The monoisotopic (exact) mass is 289 g/mol. The van der Waals surface area contributed by atoms with Gasteiger partial charge in [-0.1, -0.05) is 32.1 Å². The molecule has 2 aromatic rings. The molecule has 1 aliphatic rings. The van der Waals surface area contributed by atoms with Crippen molar-refractivity contribution in [3.63, 3.8) is 0 Å². The van der Waals surface area contributed by atoms with Gasteiger partial charge in [0.05, 0.1) is 11.6 Å². The lowest BCUT2D eigenvalue weighted by molar-refractivity contribution is 0.344. The first kappa shape index (κ1) is 14.0. The zero-order chi connectivity index (χ0) is 14.7. The number of rotatable bonds is 2. The van der Waals surface area contributed by atoms with E-state index in [2.05, 4.69) is 15.5 Å². The van der Waals surface area contributed by atoms with Gasteiger partial charge in [-0.05, 0) is 41.5 Å². The average molecular weight is 289 g/mol. The summed E-state index contributed by atoms with van der Waals surface area (Å²) in [5.41, 5.74) is 6.65. The second-order valence-corrected chi connectivity index (χ2v) is 5.69. The number of benzene rings is 1. The van der Waals surface area contributed by atoms with Crippen molar-refractivity contribution >= 4 is 5.69 Å². The van der Waals surface area contributed by atoms with E-state index in [1.54, 1.807) is 16.8 Å². The maximum absolute atomic E-state index is 14.1. The number of nitrogen functional groups attached to an aromatic ring is 1. The van der Waals surface area contributed by atoms with Crippen molar-refractivity contribution in [3.05, 3.63) is 24.0 Å². The number of hydrogen-bond acceptors (Lipinski definition) is 4. The summed E-state index contributed by atoms with van der Waals surface area (Å²) in [6.45, 7) is 0. The summed E-state index contributed by atoms with van der Waals surface area (Å²) in [6.07, 6.45) is 8.23. The number of nitrogens with zero attached hydrogens (tertiary/aromatic N) is 4. The van der Waals surface area contributed by atoms with Crippen LogP contribution in [0, 0.1) is 5.82 Å². The molecule has 1 aromatic carbocycles. The van der Waals surface area contributed by atoms with Gasteiger partial charge in [0.25, 0.3) is 0 Å². The predicted octanol–water partition coefficient (Wildman–Crippen LogP) is 3.35. The Balaban J connectivity index is 1.94. The fourth-order valence-corrected chi connectivity index (χ4v) is 3.01. The third kappa shape index (κ3) is 3.04. The van der Waals surface area contributed by atoms with Crippen LogP contribution in [0.1, 0.15) is 51.0 Å². The van der Waals surface area contributed by atoms with E-state index in [0.717, 1.165) is 12.8 Å². The molecule has 1 aromatic heterocycles. The third-order valence-electron chi connectivity index (χ3n) is 4.14. The van der Waals surface area contributed by atoms with Crippen molar-refractivity contribution in [1.29, 1.82) is 0 Å². The Bertz CT molecular complexity index is 602. The molecule has 1 heterocycles. The molecule has 0 spiro atoms. The summed E-state index contributed by atoms with van der Waals surface area (Å²) in [5.74, 6) is 0.136. The van der Waals surface area contributed by atoms with Crippen molar-refractivity contribution < 1.29 is 4.39 Å². The largest absolute Gasteiger partial charge is 0.399 e. The lowest BCUT2D eigenvalue weighted by atomic mass is 9.96. The molecule has 6 heteroatoms. The second kappa shape index (κ2) is 6.20. The minimum absolute atomic E-state index is 0.246. The number of halogens is 1. The molecule has 1 aliphatic carbocycles. The quantitative estimate of drug-likeness (QED) is 0.861. The van der Waals surface area contributed by atoms with Crippen LogP contribution in [0.3, 0.4) is 0 Å². The number of tetrazole rings is 1. The van der Waals surface area contributed by atoms with Crippen LogP contribution in [0.2, 0.25) is 0 Å². The van der Waals surface area contributed by atoms with E-state index in [0.29, 0.717) is 17.1 Å². The molecule has 1 fully saturated rings. The molecular weight excluding hydrogens is 269 g/mol. The molecule has 0 radical (unpaired) electrons. The first-order chi connectivity index (χ1) is 10.3. The lowest BCUT2D eigenvalue weighted by Gasteiger charge is -2.20. The van der Waals surface area contributed by atoms with E-state index < -0.39 is 0 Å². The number of hydrogen-bond donors (Lipinski definition) is 1. The first-order valence-electron chi connectivity index (χ1n) is 7.59. The minimum Gasteiger partial charge on any atom is -0.399 e. The van der Waals surface area contributed by atoms with E-state index in [9.17, 15) is 4.39 Å². The molecule has 21 heavy (non-hydrogen) atoms. The van der Waals surface area contributed by atoms with Gasteiger partial charge in [0.1, 0.15) is 5.82 Å². The van der Waals surface area contributed by atoms with Crippen LogP contribution in [0.4, 0.5) is 10.1 Å². The zero-order valence-electron chi connectivity index (χ0n) is 12.0. The van der Waals surface area contributed by atoms with Gasteiger partial charge in [-0.3, -0.25) is 0 Å². The molecule has 5 nitrogen and oxygen atoms in total. The molecule has 0 bridgehead atoms. The lowest BCUT2D eigenvalue weighted by Crippen LogP contribution is -2.14. The van der Waals surface area contributed by atoms with E-state index in [4.69, 9.17) is 5.73 Å². The van der Waals surface area contributed by atoms with Crippen molar-refractivity contribution in [3.8, 4) is 11.4 Å². The van der Waals surface area contributed by atoms with Gasteiger partial charge in [0.2, 0.25) is 0 Å². The van der Waals surface area contributed by atoms with Crippen molar-refractivity contribution in [2.45, 2.75) is 51.0 Å². The summed E-state index contributed by atoms with van der Waals surface area (Å²) in [5, 5.41) is 11.9. The first-order valence-corrected chi connectivity index (χ1v) is 7.59. The molecule has 0 amide bonds. The van der Waals surface area contributed by atoms with E-state index in [1.807, 2.05) is 0 Å². The molecule has 0 atom stereocenters. The molecular formula is C15H20FN5. The predicted molar refractivity (Wildman–Crippen MR) is 79.0 cm³/mol. The Labute approximate surface area is 123 Å². The second-order valence-electron chi connectivity index (χ2n) is 5.69. The van der Waals surface area contributed by atoms with Gasteiger partial charge in [0.15, 0.2) is 5.82 Å². The Hall–Kier alpha value is -1.98. The fourth-order valence-electron chi connectivity index (χ4n) is 3.01. The standard InChI is InChI=1S/C15H20FN5/c16-14-9-8-11(17)10-13(14)15-18-19-20-21(15)12-6-4-2-1-3-5-7-12/h8-10,12H,1-7,17H2. The maximum Gasteiger partial charge on any atom is 0.185 e. The molecule has 2 N–H and O–H groups in total. The summed E-state index contributed by atoms with van der Waals surface area (Å²) in [7, 11) is 0. The maximum atomic E-state index is 14.1. The smallest absolute Gasteiger partial charge is 0.185 e. The number of nitrogens with two attached hydrogens (primary N) is 1. The zero-order valence-corrected chi connectivity index (χ0v) is 12.0. The normalized spacial score (nSPS) is 17.4. The molecule has 112 valence electrons. The number of anilines is 1. The van der Waals surface area contributed by atoms with Crippen molar-refractivity contribution in [2.75, 3.05) is 5.73 Å². The van der Waals surface area contributed by atoms with E-state index in [1.165, 1.54) is 38.2 Å². The van der Waals surface area contributed by atoms with E-state index in [-0.39, 0.29) is 11.9 Å². The van der Waals surface area contributed by atoms with Gasteiger partial charge in [0, 0.05) is 5.69 Å². The Kier molecular flexibility index (Phi) is 4.13. The van der Waals surface area contributed by atoms with Gasteiger partial charge >= 0.3 is 0 Å². The molecule has 0 aliphatic heterocycles. The van der Waals surface area contributed by atoms with Crippen LogP contribution in [0.15, 0.2) is 18.2 Å². The minimum atomic E-state index is -0.342. The summed E-state index contributed by atoms with van der Waals surface area (Å²) in [6, 6.07) is 4.75. The van der Waals surface area contributed by atoms with Crippen LogP contribution in [-0.4, -0.2) is 20.2 Å². The SMILES string of the molecule is Nc1ccc(F)c(-c2nnnn2C2CCCCCCC2)c1. The van der Waals surface area contributed by atoms with Crippen LogP contribution >= 0.6 is 0 Å². The van der Waals surface area contributed by atoms with Gasteiger partial charge in [-0.2, -0.15) is 0 Å². The summed E-state index contributed by atoms with van der Waals surface area (Å²) >= 11 is 0. The van der Waals surface area contributed by atoms with Crippen LogP contribution in [-0.2, 0) is 0 Å². The van der Waals surface area contributed by atoms with Gasteiger partial charge < -0.3 is 5.73 Å². The summed E-state index contributed by atoms with van der Waals surface area (Å²) in [4.78, 5) is 0. The van der Waals surface area contributed by atoms with Crippen molar-refractivity contribution in [1.82, 2.24) is 20.2 Å². The van der Waals surface area contributed by atoms with E-state index >= 15 is 0 Å². The van der Waals surface area contributed by atoms with Gasteiger partial charge in [-0.25, -0.2) is 9.07 Å². The summed E-state index contributed by atoms with van der Waals surface area (Å²) < 4.78 is 15.8. The Morgan fingerprint density at radius 2 is 1.81 bits per heavy atom. The van der Waals surface area contributed by atoms with Crippen LogP contribution in [0.25, 0.3) is 11.4 Å². The molecule has 1 saturated carbocycles. The fraction of sp³-hybridized carbons (Fsp3) is 0.533. The van der Waals surface area contributed by atoms with Crippen molar-refractivity contribution in [2.24, 2.45) is 0 Å². The Morgan fingerprint density at radius 3 is 2.57 bits per heavy atom. The molecule has 3 rings (SSSR count). The molecule has 0 unspecified atom stereocenters. The van der Waals surface area contributed by atoms with Crippen LogP contribution < -0.4 is 5.73 Å². The Morgan fingerprint density at radius 1 is 1.10 bits per heavy atom.